The topological polar surface area (TPSA) is 134 Å². The lowest BCUT2D eigenvalue weighted by molar-refractivity contribution is -0.0532. The van der Waals surface area contributed by atoms with E-state index in [2.05, 4.69) is 10.2 Å². The van der Waals surface area contributed by atoms with Crippen LogP contribution in [0.5, 0.6) is 0 Å². The summed E-state index contributed by atoms with van der Waals surface area (Å²) >= 11 is 0. The fourth-order valence-electron chi connectivity index (χ4n) is 2.02. The van der Waals surface area contributed by atoms with Gasteiger partial charge in [-0.1, -0.05) is 5.18 Å². The second-order valence-electron chi connectivity index (χ2n) is 4.31. The van der Waals surface area contributed by atoms with Crippen molar-refractivity contribution in [1.82, 2.24) is 9.55 Å². The standard InChI is InChI=1S/C10H13N3O6/c1-4-2-13(10(17)11-8(4)16)9-7(15)6(12-18)5(3-14)19-9/h2,5-7,9,14-15H,3H2,1H3,(H,11,16,17). The van der Waals surface area contributed by atoms with Gasteiger partial charge in [0.2, 0.25) is 0 Å². The number of nitrogens with zero attached hydrogens (tertiary/aromatic N) is 2. The van der Waals surface area contributed by atoms with Crippen LogP contribution in [0.1, 0.15) is 11.8 Å². The Bertz CT molecular complexity index is 594. The van der Waals surface area contributed by atoms with Crippen LogP contribution < -0.4 is 11.2 Å². The molecule has 1 aromatic rings. The zero-order valence-corrected chi connectivity index (χ0v) is 10.0. The molecule has 0 aromatic carbocycles. The van der Waals surface area contributed by atoms with Gasteiger partial charge in [-0.15, -0.1) is 0 Å². The van der Waals surface area contributed by atoms with Gasteiger partial charge in [-0.25, -0.2) is 4.79 Å². The summed E-state index contributed by atoms with van der Waals surface area (Å²) in [4.78, 5) is 35.6. The number of nitrogens with one attached hydrogen (secondary N) is 1. The van der Waals surface area contributed by atoms with Crippen LogP contribution in [0.4, 0.5) is 0 Å². The minimum Gasteiger partial charge on any atom is -0.394 e. The number of ether oxygens (including phenoxy) is 1. The Labute approximate surface area is 106 Å². The summed E-state index contributed by atoms with van der Waals surface area (Å²) in [6.07, 6.45) is -2.33. The molecular weight excluding hydrogens is 258 g/mol. The number of nitroso groups, excluding NO2 is 1. The van der Waals surface area contributed by atoms with Crippen molar-refractivity contribution in [1.29, 1.82) is 0 Å². The second kappa shape index (κ2) is 5.03. The number of hydrogen-bond acceptors (Lipinski definition) is 7. The minimum absolute atomic E-state index is 0.249. The lowest BCUT2D eigenvalue weighted by Crippen LogP contribution is -2.38. The first kappa shape index (κ1) is 13.6. The molecule has 19 heavy (non-hydrogen) atoms. The van der Waals surface area contributed by atoms with E-state index < -0.39 is 42.3 Å². The molecule has 9 nitrogen and oxygen atoms in total. The van der Waals surface area contributed by atoms with Crippen molar-refractivity contribution in [3.63, 3.8) is 0 Å². The largest absolute Gasteiger partial charge is 0.394 e. The van der Waals surface area contributed by atoms with E-state index in [4.69, 9.17) is 9.84 Å². The number of rotatable bonds is 3. The van der Waals surface area contributed by atoms with E-state index in [9.17, 15) is 19.6 Å². The molecule has 1 aliphatic heterocycles. The smallest absolute Gasteiger partial charge is 0.330 e. The summed E-state index contributed by atoms with van der Waals surface area (Å²) in [6.45, 7) is 0.968. The average Bonchev–Trinajstić information content (AvgIpc) is 2.70. The first-order chi connectivity index (χ1) is 8.99. The molecule has 9 heteroatoms. The van der Waals surface area contributed by atoms with E-state index in [1.165, 1.54) is 13.1 Å². The first-order valence-corrected chi connectivity index (χ1v) is 5.58. The highest BCUT2D eigenvalue weighted by molar-refractivity contribution is 5.03. The van der Waals surface area contributed by atoms with E-state index >= 15 is 0 Å². The third-order valence-corrected chi connectivity index (χ3v) is 3.06. The summed E-state index contributed by atoms with van der Waals surface area (Å²) < 4.78 is 6.20. The van der Waals surface area contributed by atoms with Crippen LogP contribution in [0.15, 0.2) is 21.0 Å². The molecule has 3 N–H and O–H groups in total. The van der Waals surface area contributed by atoms with Gasteiger partial charge >= 0.3 is 5.69 Å². The van der Waals surface area contributed by atoms with Gasteiger partial charge in [-0.3, -0.25) is 14.3 Å². The monoisotopic (exact) mass is 271 g/mol. The Morgan fingerprint density at radius 3 is 2.74 bits per heavy atom. The van der Waals surface area contributed by atoms with Gasteiger partial charge in [0.15, 0.2) is 12.3 Å². The van der Waals surface area contributed by atoms with Crippen molar-refractivity contribution < 1.29 is 14.9 Å². The van der Waals surface area contributed by atoms with Crippen LogP contribution in [0.3, 0.4) is 0 Å². The predicted octanol–water partition coefficient (Wildman–Crippen LogP) is -1.77. The zero-order valence-electron chi connectivity index (χ0n) is 10.0. The fraction of sp³-hybridized carbons (Fsp3) is 0.600. The van der Waals surface area contributed by atoms with Crippen molar-refractivity contribution in [2.24, 2.45) is 5.18 Å². The lowest BCUT2D eigenvalue weighted by atomic mass is 10.1. The number of H-pyrrole nitrogens is 1. The van der Waals surface area contributed by atoms with E-state index in [0.29, 0.717) is 0 Å². The first-order valence-electron chi connectivity index (χ1n) is 5.58. The SMILES string of the molecule is Cc1cn(C2OC(CO)C(N=O)C2O)c(=O)[nH]c1=O. The number of aliphatic hydroxyl groups excluding tert-OH is 2. The van der Waals surface area contributed by atoms with Crippen LogP contribution in [0.2, 0.25) is 0 Å². The predicted molar refractivity (Wildman–Crippen MR) is 62.6 cm³/mol. The van der Waals surface area contributed by atoms with Crippen molar-refractivity contribution in [3.8, 4) is 0 Å². The Hall–Kier alpha value is -1.84. The number of aromatic nitrogens is 2. The molecule has 2 rings (SSSR count). The van der Waals surface area contributed by atoms with Crippen LogP contribution >= 0.6 is 0 Å². The Kier molecular flexibility index (Phi) is 3.60. The summed E-state index contributed by atoms with van der Waals surface area (Å²) in [5.74, 6) is 0. The molecule has 4 unspecified atom stereocenters. The molecule has 4 atom stereocenters. The van der Waals surface area contributed by atoms with Gasteiger partial charge in [0.05, 0.1) is 6.61 Å². The van der Waals surface area contributed by atoms with E-state index in [-0.39, 0.29) is 5.56 Å². The molecular formula is C10H13N3O6. The van der Waals surface area contributed by atoms with Gasteiger partial charge in [0.1, 0.15) is 12.2 Å². The highest BCUT2D eigenvalue weighted by atomic mass is 16.5. The third kappa shape index (κ3) is 2.23. The molecule has 1 aromatic heterocycles. The number of aromatic amines is 1. The van der Waals surface area contributed by atoms with Gasteiger partial charge in [0.25, 0.3) is 5.56 Å². The van der Waals surface area contributed by atoms with Gasteiger partial charge < -0.3 is 14.9 Å². The molecule has 0 spiro atoms. The fourth-order valence-corrected chi connectivity index (χ4v) is 2.02. The normalized spacial score (nSPS) is 30.5. The van der Waals surface area contributed by atoms with Gasteiger partial charge in [-0.2, -0.15) is 4.91 Å². The molecule has 1 fully saturated rings. The molecule has 104 valence electrons. The van der Waals surface area contributed by atoms with Crippen molar-refractivity contribution in [3.05, 3.63) is 37.5 Å². The van der Waals surface area contributed by atoms with Crippen LogP contribution in [0.25, 0.3) is 0 Å². The maximum Gasteiger partial charge on any atom is 0.330 e. The molecule has 1 saturated heterocycles. The maximum absolute atomic E-state index is 11.7. The maximum atomic E-state index is 11.7. The van der Waals surface area contributed by atoms with Crippen molar-refractivity contribution in [2.75, 3.05) is 6.61 Å². The molecule has 1 aliphatic rings. The van der Waals surface area contributed by atoms with Gasteiger partial charge in [0, 0.05) is 11.8 Å². The molecule has 0 saturated carbocycles. The second-order valence-corrected chi connectivity index (χ2v) is 4.31. The number of hydrogen-bond donors (Lipinski definition) is 3. The Balaban J connectivity index is 2.43. The Morgan fingerprint density at radius 2 is 2.21 bits per heavy atom. The summed E-state index contributed by atoms with van der Waals surface area (Å²) in [5.41, 5.74) is -1.07. The summed E-state index contributed by atoms with van der Waals surface area (Å²) in [6, 6.07) is -1.17. The van der Waals surface area contributed by atoms with E-state index in [0.717, 1.165) is 4.57 Å². The number of aliphatic hydroxyl groups is 2. The molecule has 2 heterocycles. The number of aryl methyl sites for hydroxylation is 1. The molecule has 0 amide bonds. The average molecular weight is 271 g/mol. The molecule has 0 aliphatic carbocycles. The van der Waals surface area contributed by atoms with Crippen LogP contribution in [-0.2, 0) is 4.74 Å². The summed E-state index contributed by atoms with van der Waals surface area (Å²) in [5, 5.41) is 21.6. The van der Waals surface area contributed by atoms with Crippen molar-refractivity contribution in [2.45, 2.75) is 31.4 Å². The molecule has 0 bridgehead atoms. The highest BCUT2D eigenvalue weighted by Crippen LogP contribution is 2.30. The van der Waals surface area contributed by atoms with Crippen LogP contribution in [0, 0.1) is 11.8 Å². The lowest BCUT2D eigenvalue weighted by Gasteiger charge is -2.17. The van der Waals surface area contributed by atoms with Crippen LogP contribution in [-0.4, -0.2) is 44.6 Å². The Morgan fingerprint density at radius 1 is 1.53 bits per heavy atom. The quantitative estimate of drug-likeness (QED) is 0.557. The van der Waals surface area contributed by atoms with E-state index in [1.807, 2.05) is 0 Å². The third-order valence-electron chi connectivity index (χ3n) is 3.06. The highest BCUT2D eigenvalue weighted by Gasteiger charge is 2.46. The summed E-state index contributed by atoms with van der Waals surface area (Å²) in [7, 11) is 0. The minimum atomic E-state index is -1.38. The van der Waals surface area contributed by atoms with Gasteiger partial charge in [-0.05, 0) is 6.92 Å². The van der Waals surface area contributed by atoms with Crippen molar-refractivity contribution >= 4 is 0 Å². The molecule has 0 radical (unpaired) electrons. The van der Waals surface area contributed by atoms with E-state index in [1.54, 1.807) is 0 Å². The zero-order chi connectivity index (χ0) is 14.2.